The average molecular weight is 239 g/mol. The Bertz CT molecular complexity index is 332. The first-order valence-corrected chi connectivity index (χ1v) is 6.42. The van der Waals surface area contributed by atoms with Crippen LogP contribution in [-0.2, 0) is 14.3 Å². The quantitative estimate of drug-likeness (QED) is 0.708. The lowest BCUT2D eigenvalue weighted by Crippen LogP contribution is -2.42. The fourth-order valence-electron chi connectivity index (χ4n) is 2.85. The van der Waals surface area contributed by atoms with Gasteiger partial charge in [0.05, 0.1) is 0 Å². The Hall–Kier alpha value is -1.06. The molecule has 1 saturated heterocycles. The first-order valence-electron chi connectivity index (χ1n) is 6.42. The van der Waals surface area contributed by atoms with E-state index in [-0.39, 0.29) is 23.7 Å². The zero-order chi connectivity index (χ0) is 12.6. The summed E-state index contributed by atoms with van der Waals surface area (Å²) in [5.41, 5.74) is -0.492. The lowest BCUT2D eigenvalue weighted by molar-refractivity contribution is -0.158. The molecule has 1 amide bonds. The molecule has 3 atom stereocenters. The van der Waals surface area contributed by atoms with Gasteiger partial charge in [0, 0.05) is 11.8 Å². The first kappa shape index (κ1) is 12.4. The summed E-state index contributed by atoms with van der Waals surface area (Å²) in [7, 11) is 0. The number of carbonyl (C=O) groups is 2. The van der Waals surface area contributed by atoms with Crippen molar-refractivity contribution in [3.05, 3.63) is 0 Å². The third-order valence-corrected chi connectivity index (χ3v) is 3.54. The minimum Gasteiger partial charge on any atom is -0.458 e. The van der Waals surface area contributed by atoms with E-state index in [9.17, 15) is 9.59 Å². The number of hydrogen-bond donors (Lipinski definition) is 1. The maximum absolute atomic E-state index is 12.0. The Morgan fingerprint density at radius 1 is 1.29 bits per heavy atom. The summed E-state index contributed by atoms with van der Waals surface area (Å²) < 4.78 is 5.37. The predicted octanol–water partition coefficient (Wildman–Crippen LogP) is 1.63. The van der Waals surface area contributed by atoms with Gasteiger partial charge in [-0.2, -0.15) is 0 Å². The molecule has 1 saturated carbocycles. The van der Waals surface area contributed by atoms with Crippen molar-refractivity contribution in [2.24, 2.45) is 11.8 Å². The number of amides is 1. The highest BCUT2D eigenvalue weighted by molar-refractivity contribution is 5.90. The van der Waals surface area contributed by atoms with Crippen LogP contribution >= 0.6 is 0 Å². The summed E-state index contributed by atoms with van der Waals surface area (Å²) in [6.45, 7) is 5.54. The molecular formula is C13H21NO3. The van der Waals surface area contributed by atoms with Crippen molar-refractivity contribution in [1.29, 1.82) is 0 Å². The van der Waals surface area contributed by atoms with Gasteiger partial charge in [0.2, 0.25) is 5.91 Å². The maximum Gasteiger partial charge on any atom is 0.329 e. The van der Waals surface area contributed by atoms with Crippen LogP contribution in [-0.4, -0.2) is 23.5 Å². The van der Waals surface area contributed by atoms with Crippen molar-refractivity contribution in [2.75, 3.05) is 0 Å². The molecule has 4 nitrogen and oxygen atoms in total. The molecule has 17 heavy (non-hydrogen) atoms. The standard InChI is InChI=1S/C13H21NO3/c1-13(2,3)17-12(16)10-8-6-4-5-7-9(8)11(15)14-10/h8-10H,4-7H2,1-3H3,(H,14,15). The first-order chi connectivity index (χ1) is 7.88. The van der Waals surface area contributed by atoms with Crippen molar-refractivity contribution in [3.8, 4) is 0 Å². The van der Waals surface area contributed by atoms with Crippen LogP contribution in [0.15, 0.2) is 0 Å². The maximum atomic E-state index is 12.0. The van der Waals surface area contributed by atoms with Gasteiger partial charge in [-0.1, -0.05) is 12.8 Å². The van der Waals surface area contributed by atoms with E-state index in [0.717, 1.165) is 25.7 Å². The molecule has 0 aromatic heterocycles. The van der Waals surface area contributed by atoms with E-state index < -0.39 is 11.6 Å². The van der Waals surface area contributed by atoms with E-state index in [1.165, 1.54) is 0 Å². The van der Waals surface area contributed by atoms with Gasteiger partial charge >= 0.3 is 5.97 Å². The fourth-order valence-corrected chi connectivity index (χ4v) is 2.85. The summed E-state index contributed by atoms with van der Waals surface area (Å²) in [6.07, 6.45) is 4.06. The molecule has 0 bridgehead atoms. The molecule has 1 N–H and O–H groups in total. The largest absolute Gasteiger partial charge is 0.458 e. The van der Waals surface area contributed by atoms with Crippen LogP contribution in [0.5, 0.6) is 0 Å². The summed E-state index contributed by atoms with van der Waals surface area (Å²) >= 11 is 0. The van der Waals surface area contributed by atoms with Gasteiger partial charge in [0.1, 0.15) is 11.6 Å². The van der Waals surface area contributed by atoms with Crippen LogP contribution < -0.4 is 5.32 Å². The fraction of sp³-hybridized carbons (Fsp3) is 0.846. The van der Waals surface area contributed by atoms with Crippen LogP contribution in [0.4, 0.5) is 0 Å². The minimum atomic E-state index is -0.492. The molecule has 96 valence electrons. The normalized spacial score (nSPS) is 32.9. The number of carbonyl (C=O) groups excluding carboxylic acids is 2. The lowest BCUT2D eigenvalue weighted by atomic mass is 9.78. The van der Waals surface area contributed by atoms with E-state index in [1.54, 1.807) is 0 Å². The summed E-state index contributed by atoms with van der Waals surface area (Å²) in [5.74, 6) is -0.0711. The van der Waals surface area contributed by atoms with Crippen molar-refractivity contribution in [2.45, 2.75) is 58.1 Å². The summed E-state index contributed by atoms with van der Waals surface area (Å²) in [5, 5.41) is 2.80. The number of nitrogens with one attached hydrogen (secondary N) is 1. The van der Waals surface area contributed by atoms with Crippen LogP contribution in [0.3, 0.4) is 0 Å². The zero-order valence-electron chi connectivity index (χ0n) is 10.8. The van der Waals surface area contributed by atoms with Gasteiger partial charge in [-0.3, -0.25) is 4.79 Å². The molecule has 0 radical (unpaired) electrons. The molecule has 2 fully saturated rings. The molecule has 0 aromatic rings. The van der Waals surface area contributed by atoms with Crippen LogP contribution in [0.1, 0.15) is 46.5 Å². The monoisotopic (exact) mass is 239 g/mol. The van der Waals surface area contributed by atoms with Gasteiger partial charge in [0.25, 0.3) is 0 Å². The van der Waals surface area contributed by atoms with E-state index in [0.29, 0.717) is 0 Å². The molecule has 1 heterocycles. The highest BCUT2D eigenvalue weighted by atomic mass is 16.6. The van der Waals surface area contributed by atoms with Gasteiger partial charge in [-0.25, -0.2) is 4.79 Å². The molecule has 1 aliphatic heterocycles. The Balaban J connectivity index is 2.06. The second kappa shape index (κ2) is 4.31. The number of rotatable bonds is 1. The Morgan fingerprint density at radius 2 is 1.94 bits per heavy atom. The molecule has 2 rings (SSSR count). The summed E-state index contributed by atoms with van der Waals surface area (Å²) in [6, 6.07) is -0.424. The predicted molar refractivity (Wildman–Crippen MR) is 63.2 cm³/mol. The zero-order valence-corrected chi connectivity index (χ0v) is 10.8. The highest BCUT2D eigenvalue weighted by Gasteiger charge is 2.47. The van der Waals surface area contributed by atoms with E-state index in [2.05, 4.69) is 5.32 Å². The molecule has 0 spiro atoms. The Labute approximate surface area is 102 Å². The molecule has 2 aliphatic rings. The van der Waals surface area contributed by atoms with Crippen molar-refractivity contribution in [3.63, 3.8) is 0 Å². The molecule has 4 heteroatoms. The molecule has 3 unspecified atom stereocenters. The van der Waals surface area contributed by atoms with Crippen molar-refractivity contribution in [1.82, 2.24) is 5.32 Å². The smallest absolute Gasteiger partial charge is 0.329 e. The Kier molecular flexibility index (Phi) is 3.15. The highest BCUT2D eigenvalue weighted by Crippen LogP contribution is 2.37. The van der Waals surface area contributed by atoms with Crippen LogP contribution in [0, 0.1) is 11.8 Å². The SMILES string of the molecule is CC(C)(C)OC(=O)C1NC(=O)C2CCCCC21. The Morgan fingerprint density at radius 3 is 2.59 bits per heavy atom. The number of esters is 1. The number of fused-ring (bicyclic) bond motifs is 1. The molecular weight excluding hydrogens is 218 g/mol. The van der Waals surface area contributed by atoms with Crippen LogP contribution in [0.25, 0.3) is 0 Å². The number of hydrogen-bond acceptors (Lipinski definition) is 3. The second-order valence-electron chi connectivity index (χ2n) is 6.07. The summed E-state index contributed by atoms with van der Waals surface area (Å²) in [4.78, 5) is 23.8. The van der Waals surface area contributed by atoms with Gasteiger partial charge in [-0.05, 0) is 33.6 Å². The van der Waals surface area contributed by atoms with Crippen molar-refractivity contribution >= 4 is 11.9 Å². The van der Waals surface area contributed by atoms with Gasteiger partial charge < -0.3 is 10.1 Å². The third-order valence-electron chi connectivity index (χ3n) is 3.54. The topological polar surface area (TPSA) is 55.4 Å². The van der Waals surface area contributed by atoms with E-state index >= 15 is 0 Å². The van der Waals surface area contributed by atoms with Crippen LogP contribution in [0.2, 0.25) is 0 Å². The van der Waals surface area contributed by atoms with Gasteiger partial charge in [-0.15, -0.1) is 0 Å². The third kappa shape index (κ3) is 2.61. The van der Waals surface area contributed by atoms with Crippen molar-refractivity contribution < 1.29 is 14.3 Å². The second-order valence-corrected chi connectivity index (χ2v) is 6.07. The van der Waals surface area contributed by atoms with E-state index in [1.807, 2.05) is 20.8 Å². The van der Waals surface area contributed by atoms with E-state index in [4.69, 9.17) is 4.74 Å². The van der Waals surface area contributed by atoms with Gasteiger partial charge in [0.15, 0.2) is 0 Å². The molecule has 1 aliphatic carbocycles. The molecule has 0 aromatic carbocycles. The lowest BCUT2D eigenvalue weighted by Gasteiger charge is -2.28. The number of ether oxygens (including phenoxy) is 1. The minimum absolute atomic E-state index is 0.0290. The average Bonchev–Trinajstić information content (AvgIpc) is 2.55.